The highest BCUT2D eigenvalue weighted by Gasteiger charge is 2.28. The third kappa shape index (κ3) is 5.87. The highest BCUT2D eigenvalue weighted by molar-refractivity contribution is 5.89. The minimum atomic E-state index is -1.25. The molecule has 13 heteroatoms. The van der Waals surface area contributed by atoms with Gasteiger partial charge in [0.15, 0.2) is 0 Å². The van der Waals surface area contributed by atoms with Gasteiger partial charge in [-0.1, -0.05) is 0 Å². The molecule has 1 aliphatic carbocycles. The highest BCUT2D eigenvalue weighted by atomic mass is 16.4. The number of nitrogens with two attached hydrogens (primary N) is 1. The molecule has 0 radical (unpaired) electrons. The Morgan fingerprint density at radius 2 is 2.03 bits per heavy atom. The summed E-state index contributed by atoms with van der Waals surface area (Å²) in [4.78, 5) is 61.9. The lowest BCUT2D eigenvalue weighted by Crippen LogP contribution is -2.44. The van der Waals surface area contributed by atoms with Gasteiger partial charge in [-0.15, -0.1) is 0 Å². The second-order valence-electron chi connectivity index (χ2n) is 7.92. The van der Waals surface area contributed by atoms with Crippen LogP contribution in [-0.4, -0.2) is 54.8 Å². The van der Waals surface area contributed by atoms with E-state index in [1.807, 2.05) is 0 Å². The number of aryl methyl sites for hydroxylation is 1. The third-order valence-corrected chi connectivity index (χ3v) is 5.66. The molecule has 13 nitrogen and oxygen atoms in total. The van der Waals surface area contributed by atoms with E-state index in [-0.39, 0.29) is 41.8 Å². The van der Waals surface area contributed by atoms with Gasteiger partial charge in [0.1, 0.15) is 19.6 Å². The van der Waals surface area contributed by atoms with Crippen molar-refractivity contribution in [3.8, 4) is 0 Å². The molecule has 6 N–H and O–H groups in total. The van der Waals surface area contributed by atoms with Crippen molar-refractivity contribution >= 4 is 40.7 Å². The zero-order valence-electron chi connectivity index (χ0n) is 18.1. The number of carbonyl (C=O) groups is 3. The van der Waals surface area contributed by atoms with E-state index in [1.54, 1.807) is 17.8 Å². The van der Waals surface area contributed by atoms with Gasteiger partial charge in [-0.05, 0) is 32.1 Å². The molecule has 3 rings (SSSR count). The summed E-state index contributed by atoms with van der Waals surface area (Å²) in [7, 11) is 1.72. The van der Waals surface area contributed by atoms with Crippen molar-refractivity contribution < 1.29 is 29.2 Å². The van der Waals surface area contributed by atoms with Gasteiger partial charge in [-0.25, -0.2) is 9.78 Å². The maximum absolute atomic E-state index is 12.4. The molecule has 0 saturated heterocycles. The molecule has 2 aromatic rings. The molecular weight excluding hydrogens is 434 g/mol. The van der Waals surface area contributed by atoms with Crippen molar-refractivity contribution in [1.82, 2.24) is 20.3 Å². The highest BCUT2D eigenvalue weighted by Crippen LogP contribution is 2.23. The Kier molecular flexibility index (Phi) is 7.30. The van der Waals surface area contributed by atoms with E-state index in [1.165, 1.54) is 0 Å². The standard InChI is InChI=1S/C20H25N7O6/c1-27-12(9-23-16-15(27)18(31)26-20(21)25-16)8-22-11-4-2-10(3-5-11)17(30)24-13(19(32)33)6-7-14(28)29/h9-10,13H,2-8H2,1H3,(H5-,21,23,24,25,26,28,29,30,31,32,33)/p+1/t10?,13-/m0/s1. The maximum atomic E-state index is 12.4. The number of H-pyrrole nitrogens is 1. The molecule has 1 atom stereocenters. The van der Waals surface area contributed by atoms with Crippen molar-refractivity contribution in [2.24, 2.45) is 18.0 Å². The van der Waals surface area contributed by atoms with Crippen molar-refractivity contribution in [1.29, 1.82) is 0 Å². The molecular formula is C20H26N7O6+. The van der Waals surface area contributed by atoms with E-state index >= 15 is 0 Å². The molecule has 33 heavy (non-hydrogen) atoms. The molecule has 0 aromatic carbocycles. The number of aliphatic carboxylic acids is 2. The first-order chi connectivity index (χ1) is 15.7. The van der Waals surface area contributed by atoms with Crippen LogP contribution in [0.3, 0.4) is 0 Å². The van der Waals surface area contributed by atoms with Crippen molar-refractivity contribution in [2.45, 2.75) is 51.1 Å². The number of hydrogen-bond acceptors (Lipinski definition) is 8. The lowest BCUT2D eigenvalue weighted by molar-refractivity contribution is -0.653. The first-order valence-corrected chi connectivity index (χ1v) is 10.5. The van der Waals surface area contributed by atoms with E-state index in [0.29, 0.717) is 37.9 Å². The molecule has 2 heterocycles. The van der Waals surface area contributed by atoms with Crippen LogP contribution < -0.4 is 21.2 Å². The smallest absolute Gasteiger partial charge is 0.326 e. The summed E-state index contributed by atoms with van der Waals surface area (Å²) in [5.74, 6) is -3.12. The van der Waals surface area contributed by atoms with E-state index in [2.05, 4.69) is 25.3 Å². The predicted molar refractivity (Wildman–Crippen MR) is 115 cm³/mol. The predicted octanol–water partition coefficient (Wildman–Crippen LogP) is -0.710. The Morgan fingerprint density at radius 3 is 2.67 bits per heavy atom. The third-order valence-electron chi connectivity index (χ3n) is 5.66. The fourth-order valence-electron chi connectivity index (χ4n) is 3.76. The molecule has 1 fully saturated rings. The summed E-state index contributed by atoms with van der Waals surface area (Å²) in [6.07, 6.45) is 3.26. The quantitative estimate of drug-likeness (QED) is 0.315. The van der Waals surface area contributed by atoms with Crippen LogP contribution in [0.2, 0.25) is 0 Å². The molecule has 0 unspecified atom stereocenters. The van der Waals surface area contributed by atoms with Gasteiger partial charge in [0.05, 0.1) is 6.20 Å². The van der Waals surface area contributed by atoms with Crippen molar-refractivity contribution in [3.05, 3.63) is 22.2 Å². The number of carboxylic acid groups (broad SMARTS) is 2. The number of aromatic nitrogens is 4. The Hall–Kier alpha value is -3.90. The topological polar surface area (TPSA) is 205 Å². The zero-order chi connectivity index (χ0) is 24.1. The number of carboxylic acids is 2. The minimum Gasteiger partial charge on any atom is -0.481 e. The maximum Gasteiger partial charge on any atom is 0.326 e. The number of fused-ring (bicyclic) bond motifs is 1. The van der Waals surface area contributed by atoms with Gasteiger partial charge in [0.2, 0.25) is 23.2 Å². The second-order valence-corrected chi connectivity index (χ2v) is 7.92. The number of aliphatic imine (C=N–C) groups is 1. The number of nitrogen functional groups attached to an aromatic ring is 1. The van der Waals surface area contributed by atoms with Crippen LogP contribution in [0.4, 0.5) is 5.95 Å². The molecule has 0 bridgehead atoms. The van der Waals surface area contributed by atoms with E-state index < -0.39 is 23.5 Å². The van der Waals surface area contributed by atoms with Crippen molar-refractivity contribution in [3.63, 3.8) is 0 Å². The fraction of sp³-hybridized carbons (Fsp3) is 0.500. The van der Waals surface area contributed by atoms with Crippen LogP contribution in [0.15, 0.2) is 16.0 Å². The summed E-state index contributed by atoms with van der Waals surface area (Å²) in [5.41, 5.74) is 7.31. The lowest BCUT2D eigenvalue weighted by atomic mass is 9.87. The Labute approximate surface area is 187 Å². The van der Waals surface area contributed by atoms with Gasteiger partial charge in [0.25, 0.3) is 0 Å². The van der Waals surface area contributed by atoms with Crippen LogP contribution in [0, 0.1) is 5.92 Å². The Bertz CT molecular complexity index is 1170. The number of nitrogens with zero attached hydrogens (tertiary/aromatic N) is 4. The van der Waals surface area contributed by atoms with E-state index in [4.69, 9.17) is 10.8 Å². The van der Waals surface area contributed by atoms with Crippen LogP contribution in [0.1, 0.15) is 44.2 Å². The first kappa shape index (κ1) is 23.8. The summed E-state index contributed by atoms with van der Waals surface area (Å²) in [6.45, 7) is 0.297. The number of aromatic amines is 1. The number of carbonyl (C=O) groups excluding carboxylic acids is 1. The van der Waals surface area contributed by atoms with Crippen LogP contribution in [0.5, 0.6) is 0 Å². The number of hydrogen-bond donors (Lipinski definition) is 5. The average Bonchev–Trinajstić information content (AvgIpc) is 2.75. The van der Waals surface area contributed by atoms with Gasteiger partial charge >= 0.3 is 23.0 Å². The minimum absolute atomic E-state index is 0.00893. The van der Waals surface area contributed by atoms with Crippen LogP contribution in [0.25, 0.3) is 11.2 Å². The zero-order valence-corrected chi connectivity index (χ0v) is 18.1. The lowest BCUT2D eigenvalue weighted by Gasteiger charge is -2.24. The Morgan fingerprint density at radius 1 is 1.33 bits per heavy atom. The van der Waals surface area contributed by atoms with Gasteiger partial charge in [0, 0.05) is 18.1 Å². The molecule has 176 valence electrons. The van der Waals surface area contributed by atoms with Gasteiger partial charge in [-0.3, -0.25) is 24.4 Å². The van der Waals surface area contributed by atoms with Gasteiger partial charge in [-0.2, -0.15) is 9.55 Å². The Balaban J connectivity index is 1.59. The molecule has 1 saturated carbocycles. The van der Waals surface area contributed by atoms with Crippen LogP contribution in [-0.2, 0) is 28.0 Å². The van der Waals surface area contributed by atoms with E-state index in [0.717, 1.165) is 5.71 Å². The molecule has 2 aromatic heterocycles. The number of rotatable bonds is 8. The summed E-state index contributed by atoms with van der Waals surface area (Å²) in [6, 6.07) is -1.22. The largest absolute Gasteiger partial charge is 0.481 e. The number of nitrogens with one attached hydrogen (secondary N) is 2. The number of anilines is 1. The van der Waals surface area contributed by atoms with Gasteiger partial charge < -0.3 is 21.3 Å². The second kappa shape index (κ2) is 10.1. The fourth-order valence-corrected chi connectivity index (χ4v) is 3.76. The normalized spacial score (nSPS) is 16.9. The monoisotopic (exact) mass is 460 g/mol. The SMILES string of the molecule is C[n+]1c(CN=C2CCC(C(=O)N[C@@H](CCC(=O)O)C(=O)O)CC2)cnc2nc(N)[nH]c(=O)c21. The molecule has 0 spiro atoms. The van der Waals surface area contributed by atoms with Crippen molar-refractivity contribution in [2.75, 3.05) is 5.73 Å². The molecule has 1 aliphatic rings. The van der Waals surface area contributed by atoms with Crippen LogP contribution >= 0.6 is 0 Å². The summed E-state index contributed by atoms with van der Waals surface area (Å²) in [5, 5.41) is 20.4. The molecule has 1 amide bonds. The summed E-state index contributed by atoms with van der Waals surface area (Å²) < 4.78 is 1.67. The molecule has 0 aliphatic heterocycles. The average molecular weight is 460 g/mol. The van der Waals surface area contributed by atoms with E-state index in [9.17, 15) is 24.3 Å². The summed E-state index contributed by atoms with van der Waals surface area (Å²) >= 11 is 0. The first-order valence-electron chi connectivity index (χ1n) is 10.5. The number of amides is 1.